The van der Waals surface area contributed by atoms with Crippen LogP contribution in [0.5, 0.6) is 5.75 Å². The van der Waals surface area contributed by atoms with Crippen LogP contribution in [0.4, 0.5) is 26.3 Å². The number of nitrogens with one attached hydrogen (secondary N) is 1. The van der Waals surface area contributed by atoms with Gasteiger partial charge in [0.05, 0.1) is 12.7 Å². The molecular formula is C10H7F6NO2. The average Bonchev–Trinajstić information content (AvgIpc) is 2.30. The molecule has 1 aromatic carbocycles. The number of rotatable bonds is 3. The van der Waals surface area contributed by atoms with E-state index in [1.165, 1.54) is 5.32 Å². The lowest BCUT2D eigenvalue weighted by molar-refractivity contribution is -0.123. The number of hydrogen-bond acceptors (Lipinski definition) is 2. The van der Waals surface area contributed by atoms with Gasteiger partial charge in [-0.15, -0.1) is 0 Å². The minimum absolute atomic E-state index is 0.152. The first-order valence-corrected chi connectivity index (χ1v) is 4.73. The molecule has 1 N–H and O–H groups in total. The Morgan fingerprint density at radius 3 is 2.32 bits per heavy atom. The van der Waals surface area contributed by atoms with E-state index in [1.54, 1.807) is 0 Å². The van der Waals surface area contributed by atoms with Gasteiger partial charge in [-0.25, -0.2) is 8.78 Å². The van der Waals surface area contributed by atoms with Crippen molar-refractivity contribution in [2.24, 2.45) is 0 Å². The lowest BCUT2D eigenvalue weighted by atomic mass is 10.1. The van der Waals surface area contributed by atoms with Gasteiger partial charge in [-0.05, 0) is 6.07 Å². The smallest absolute Gasteiger partial charge is 0.405 e. The highest BCUT2D eigenvalue weighted by molar-refractivity contribution is 5.95. The Labute approximate surface area is 103 Å². The van der Waals surface area contributed by atoms with Crippen molar-refractivity contribution >= 4 is 5.91 Å². The van der Waals surface area contributed by atoms with Crippen LogP contribution in [0, 0.1) is 17.5 Å². The molecular weight excluding hydrogens is 280 g/mol. The Morgan fingerprint density at radius 2 is 1.84 bits per heavy atom. The number of amides is 1. The van der Waals surface area contributed by atoms with Crippen molar-refractivity contribution in [1.82, 2.24) is 5.32 Å². The van der Waals surface area contributed by atoms with Crippen molar-refractivity contribution in [2.75, 3.05) is 13.7 Å². The number of hydrogen-bond donors (Lipinski definition) is 1. The highest BCUT2D eigenvalue weighted by Gasteiger charge is 2.30. The Kier molecular flexibility index (Phi) is 4.28. The van der Waals surface area contributed by atoms with Crippen molar-refractivity contribution in [3.05, 3.63) is 29.1 Å². The number of alkyl halides is 3. The summed E-state index contributed by atoms with van der Waals surface area (Å²) in [5.74, 6) is -7.59. The van der Waals surface area contributed by atoms with E-state index in [0.29, 0.717) is 0 Å². The van der Waals surface area contributed by atoms with Crippen LogP contribution < -0.4 is 10.1 Å². The molecule has 0 aromatic heterocycles. The number of benzene rings is 1. The zero-order valence-electron chi connectivity index (χ0n) is 9.37. The van der Waals surface area contributed by atoms with E-state index in [4.69, 9.17) is 0 Å². The number of carbonyl (C=O) groups excluding carboxylic acids is 1. The average molecular weight is 287 g/mol. The molecule has 0 saturated carbocycles. The standard InChI is InChI=1S/C10H7F6NO2/c1-19-8-6(12)4(2-5(11)7(8)13)9(18)17-3-10(14,15)16/h2H,3H2,1H3,(H,17,18). The largest absolute Gasteiger partial charge is 0.491 e. The highest BCUT2D eigenvalue weighted by atomic mass is 19.4. The lowest BCUT2D eigenvalue weighted by Gasteiger charge is -2.11. The predicted molar refractivity (Wildman–Crippen MR) is 51.3 cm³/mol. The fourth-order valence-corrected chi connectivity index (χ4v) is 1.20. The molecule has 3 nitrogen and oxygen atoms in total. The van der Waals surface area contributed by atoms with Crippen LogP contribution in [-0.4, -0.2) is 25.7 Å². The van der Waals surface area contributed by atoms with E-state index in [9.17, 15) is 31.1 Å². The van der Waals surface area contributed by atoms with E-state index >= 15 is 0 Å². The minimum atomic E-state index is -4.71. The van der Waals surface area contributed by atoms with Gasteiger partial charge in [0.2, 0.25) is 5.82 Å². The Balaban J connectivity index is 3.07. The summed E-state index contributed by atoms with van der Waals surface area (Å²) in [7, 11) is 0.818. The van der Waals surface area contributed by atoms with Gasteiger partial charge in [0.1, 0.15) is 6.54 Å². The Hall–Kier alpha value is -1.93. The lowest BCUT2D eigenvalue weighted by Crippen LogP contribution is -2.34. The molecule has 1 amide bonds. The third-order valence-electron chi connectivity index (χ3n) is 2.01. The van der Waals surface area contributed by atoms with Crippen LogP contribution in [0.15, 0.2) is 6.07 Å². The molecule has 0 aliphatic carbocycles. The van der Waals surface area contributed by atoms with Crippen LogP contribution in [0.25, 0.3) is 0 Å². The second kappa shape index (κ2) is 5.37. The number of halogens is 6. The molecule has 1 aromatic rings. The summed E-state index contributed by atoms with van der Waals surface area (Å²) >= 11 is 0. The van der Waals surface area contributed by atoms with Gasteiger partial charge in [-0.3, -0.25) is 4.79 Å². The molecule has 19 heavy (non-hydrogen) atoms. The summed E-state index contributed by atoms with van der Waals surface area (Å²) in [4.78, 5) is 11.2. The SMILES string of the molecule is COc1c(F)c(F)cc(C(=O)NCC(F)(F)F)c1F. The van der Waals surface area contributed by atoms with E-state index in [2.05, 4.69) is 4.74 Å². The number of carbonyl (C=O) groups is 1. The maximum atomic E-state index is 13.5. The molecule has 0 atom stereocenters. The Morgan fingerprint density at radius 1 is 1.26 bits per heavy atom. The zero-order chi connectivity index (χ0) is 14.8. The van der Waals surface area contributed by atoms with Gasteiger partial charge < -0.3 is 10.1 Å². The monoisotopic (exact) mass is 287 g/mol. The predicted octanol–water partition coefficient (Wildman–Crippen LogP) is 2.40. The van der Waals surface area contributed by atoms with E-state index in [-0.39, 0.29) is 6.07 Å². The Bertz CT molecular complexity index is 500. The second-order valence-electron chi connectivity index (χ2n) is 3.37. The summed E-state index contributed by atoms with van der Waals surface area (Å²) in [5, 5.41) is 1.33. The van der Waals surface area contributed by atoms with Gasteiger partial charge in [-0.1, -0.05) is 0 Å². The summed E-state index contributed by atoms with van der Waals surface area (Å²) in [6, 6.07) is 0.152. The van der Waals surface area contributed by atoms with Crippen LogP contribution in [-0.2, 0) is 0 Å². The zero-order valence-corrected chi connectivity index (χ0v) is 9.37. The van der Waals surface area contributed by atoms with E-state index < -0.39 is 47.4 Å². The third-order valence-corrected chi connectivity index (χ3v) is 2.01. The van der Waals surface area contributed by atoms with E-state index in [0.717, 1.165) is 7.11 Å². The first kappa shape index (κ1) is 15.1. The maximum absolute atomic E-state index is 13.5. The topological polar surface area (TPSA) is 38.3 Å². The van der Waals surface area contributed by atoms with Crippen LogP contribution in [0.3, 0.4) is 0 Å². The van der Waals surface area contributed by atoms with Gasteiger partial charge in [0.15, 0.2) is 17.4 Å². The molecule has 9 heteroatoms. The van der Waals surface area contributed by atoms with Crippen molar-refractivity contribution in [1.29, 1.82) is 0 Å². The molecule has 0 aliphatic heterocycles. The summed E-state index contributed by atoms with van der Waals surface area (Å²) in [6.07, 6.45) is -4.71. The normalized spacial score (nSPS) is 11.3. The number of methoxy groups -OCH3 is 1. The molecule has 0 spiro atoms. The quantitative estimate of drug-likeness (QED) is 0.685. The molecule has 106 valence electrons. The second-order valence-corrected chi connectivity index (χ2v) is 3.37. The molecule has 0 fully saturated rings. The van der Waals surface area contributed by atoms with Crippen molar-refractivity contribution in [3.8, 4) is 5.75 Å². The van der Waals surface area contributed by atoms with Gasteiger partial charge in [0, 0.05) is 0 Å². The highest BCUT2D eigenvalue weighted by Crippen LogP contribution is 2.27. The summed E-state index contributed by atoms with van der Waals surface area (Å²) in [6.45, 7) is -1.73. The van der Waals surface area contributed by atoms with Gasteiger partial charge in [-0.2, -0.15) is 17.6 Å². The maximum Gasteiger partial charge on any atom is 0.405 e. The fraction of sp³-hybridized carbons (Fsp3) is 0.300. The molecule has 1 rings (SSSR count). The van der Waals surface area contributed by atoms with Crippen LogP contribution >= 0.6 is 0 Å². The first-order chi connectivity index (χ1) is 8.67. The van der Waals surface area contributed by atoms with E-state index in [1.807, 2.05) is 0 Å². The van der Waals surface area contributed by atoms with Gasteiger partial charge in [0.25, 0.3) is 5.91 Å². The molecule has 0 radical (unpaired) electrons. The molecule has 0 unspecified atom stereocenters. The minimum Gasteiger partial charge on any atom is -0.491 e. The molecule has 0 aliphatic rings. The van der Waals surface area contributed by atoms with Crippen LogP contribution in [0.2, 0.25) is 0 Å². The van der Waals surface area contributed by atoms with Crippen molar-refractivity contribution < 1.29 is 35.9 Å². The summed E-state index contributed by atoms with van der Waals surface area (Å²) in [5.41, 5.74) is -1.08. The van der Waals surface area contributed by atoms with Crippen molar-refractivity contribution in [2.45, 2.75) is 6.18 Å². The van der Waals surface area contributed by atoms with Crippen LogP contribution in [0.1, 0.15) is 10.4 Å². The van der Waals surface area contributed by atoms with Gasteiger partial charge >= 0.3 is 6.18 Å². The molecule has 0 saturated heterocycles. The third kappa shape index (κ3) is 3.52. The summed E-state index contributed by atoms with van der Waals surface area (Å²) < 4.78 is 79.3. The first-order valence-electron chi connectivity index (χ1n) is 4.73. The fourth-order valence-electron chi connectivity index (χ4n) is 1.20. The number of ether oxygens (including phenoxy) is 1. The van der Waals surface area contributed by atoms with Crippen molar-refractivity contribution in [3.63, 3.8) is 0 Å². The molecule has 0 heterocycles. The molecule has 0 bridgehead atoms.